The maximum absolute atomic E-state index is 12.5. The predicted molar refractivity (Wildman–Crippen MR) is 110 cm³/mol. The zero-order valence-corrected chi connectivity index (χ0v) is 15.9. The summed E-state index contributed by atoms with van der Waals surface area (Å²) in [4.78, 5) is 12.5. The molecule has 4 heteroatoms. The van der Waals surface area contributed by atoms with Crippen LogP contribution in [0.2, 0.25) is 0 Å². The SMILES string of the molecule is COC(=O)c1c(/C=C/c2ccccc2)cc(OC)cc1OCc1ccccc1. The molecular formula is C24H22O4. The van der Waals surface area contributed by atoms with Crippen LogP contribution in [0.5, 0.6) is 11.5 Å². The van der Waals surface area contributed by atoms with Crippen LogP contribution < -0.4 is 9.47 Å². The molecule has 0 aromatic heterocycles. The van der Waals surface area contributed by atoms with Crippen molar-refractivity contribution in [3.63, 3.8) is 0 Å². The average molecular weight is 374 g/mol. The van der Waals surface area contributed by atoms with Gasteiger partial charge in [-0.1, -0.05) is 72.8 Å². The number of carbonyl (C=O) groups excluding carboxylic acids is 1. The van der Waals surface area contributed by atoms with Gasteiger partial charge >= 0.3 is 5.97 Å². The van der Waals surface area contributed by atoms with Crippen LogP contribution in [0, 0.1) is 0 Å². The van der Waals surface area contributed by atoms with Crippen molar-refractivity contribution < 1.29 is 19.0 Å². The second kappa shape index (κ2) is 9.42. The zero-order valence-electron chi connectivity index (χ0n) is 15.9. The molecule has 0 bridgehead atoms. The highest BCUT2D eigenvalue weighted by atomic mass is 16.5. The highest BCUT2D eigenvalue weighted by Crippen LogP contribution is 2.31. The van der Waals surface area contributed by atoms with E-state index in [2.05, 4.69) is 0 Å². The van der Waals surface area contributed by atoms with E-state index in [-0.39, 0.29) is 0 Å². The van der Waals surface area contributed by atoms with E-state index in [0.717, 1.165) is 11.1 Å². The number of hydrogen-bond acceptors (Lipinski definition) is 4. The summed E-state index contributed by atoms with van der Waals surface area (Å²) in [5.74, 6) is 0.560. The summed E-state index contributed by atoms with van der Waals surface area (Å²) in [7, 11) is 2.94. The fourth-order valence-electron chi connectivity index (χ4n) is 2.78. The van der Waals surface area contributed by atoms with E-state index in [1.807, 2.05) is 72.8 Å². The zero-order chi connectivity index (χ0) is 19.8. The van der Waals surface area contributed by atoms with Crippen molar-refractivity contribution in [2.24, 2.45) is 0 Å². The third kappa shape index (κ3) is 4.80. The van der Waals surface area contributed by atoms with Crippen LogP contribution in [0.3, 0.4) is 0 Å². The predicted octanol–water partition coefficient (Wildman–Crippen LogP) is 5.23. The molecule has 0 unspecified atom stereocenters. The summed E-state index contributed by atoms with van der Waals surface area (Å²) in [6.07, 6.45) is 3.79. The molecule has 3 rings (SSSR count). The van der Waals surface area contributed by atoms with Gasteiger partial charge in [0.2, 0.25) is 0 Å². The molecule has 0 saturated carbocycles. The fraction of sp³-hybridized carbons (Fsp3) is 0.125. The molecule has 28 heavy (non-hydrogen) atoms. The standard InChI is InChI=1S/C24H22O4/c1-26-21-15-20(14-13-18-9-5-3-6-10-18)23(24(25)27-2)22(16-21)28-17-19-11-7-4-8-12-19/h3-16H,17H2,1-2H3/b14-13+. The molecule has 0 atom stereocenters. The molecule has 0 heterocycles. The van der Waals surface area contributed by atoms with Gasteiger partial charge in [0.15, 0.2) is 0 Å². The topological polar surface area (TPSA) is 44.8 Å². The highest BCUT2D eigenvalue weighted by molar-refractivity contribution is 5.98. The van der Waals surface area contributed by atoms with Crippen molar-refractivity contribution in [2.75, 3.05) is 14.2 Å². The van der Waals surface area contributed by atoms with Gasteiger partial charge in [0.05, 0.1) is 14.2 Å². The maximum Gasteiger partial charge on any atom is 0.342 e. The van der Waals surface area contributed by atoms with E-state index < -0.39 is 5.97 Å². The first-order valence-corrected chi connectivity index (χ1v) is 8.91. The second-order valence-corrected chi connectivity index (χ2v) is 6.10. The normalized spacial score (nSPS) is 10.6. The molecule has 0 radical (unpaired) electrons. The quantitative estimate of drug-likeness (QED) is 0.419. The van der Waals surface area contributed by atoms with Crippen molar-refractivity contribution in [3.05, 3.63) is 95.1 Å². The van der Waals surface area contributed by atoms with Gasteiger partial charge in [0.25, 0.3) is 0 Å². The fourth-order valence-corrected chi connectivity index (χ4v) is 2.78. The molecular weight excluding hydrogens is 352 g/mol. The molecule has 0 spiro atoms. The Hall–Kier alpha value is -3.53. The summed E-state index contributed by atoms with van der Waals surface area (Å²) in [5.41, 5.74) is 3.06. The largest absolute Gasteiger partial charge is 0.497 e. The van der Waals surface area contributed by atoms with Crippen molar-refractivity contribution in [1.29, 1.82) is 0 Å². The monoisotopic (exact) mass is 374 g/mol. The van der Waals surface area contributed by atoms with E-state index in [0.29, 0.717) is 29.2 Å². The summed E-state index contributed by atoms with van der Waals surface area (Å²) in [6.45, 7) is 0.333. The third-order valence-corrected chi connectivity index (χ3v) is 4.22. The van der Waals surface area contributed by atoms with Crippen LogP contribution in [0.4, 0.5) is 0 Å². The summed E-state index contributed by atoms with van der Waals surface area (Å²) >= 11 is 0. The van der Waals surface area contributed by atoms with E-state index in [1.54, 1.807) is 19.2 Å². The lowest BCUT2D eigenvalue weighted by Gasteiger charge is -2.15. The Kier molecular flexibility index (Phi) is 6.47. The Morgan fingerprint density at radius 1 is 0.893 bits per heavy atom. The summed E-state index contributed by atoms with van der Waals surface area (Å²) in [6, 6.07) is 23.1. The molecule has 0 N–H and O–H groups in total. The van der Waals surface area contributed by atoms with Crippen LogP contribution in [0.15, 0.2) is 72.8 Å². The van der Waals surface area contributed by atoms with Gasteiger partial charge in [0.1, 0.15) is 23.7 Å². The molecule has 0 fully saturated rings. The third-order valence-electron chi connectivity index (χ3n) is 4.22. The molecule has 0 aliphatic carbocycles. The average Bonchev–Trinajstić information content (AvgIpc) is 2.76. The van der Waals surface area contributed by atoms with Crippen molar-refractivity contribution in [1.82, 2.24) is 0 Å². The lowest BCUT2D eigenvalue weighted by atomic mass is 10.0. The summed E-state index contributed by atoms with van der Waals surface area (Å²) in [5, 5.41) is 0. The smallest absolute Gasteiger partial charge is 0.342 e. The van der Waals surface area contributed by atoms with Gasteiger partial charge < -0.3 is 14.2 Å². The Labute approximate surface area is 165 Å². The van der Waals surface area contributed by atoms with Crippen LogP contribution in [-0.4, -0.2) is 20.2 Å². The van der Waals surface area contributed by atoms with Crippen molar-refractivity contribution in [3.8, 4) is 11.5 Å². The number of rotatable bonds is 7. The molecule has 0 aliphatic heterocycles. The van der Waals surface area contributed by atoms with Crippen LogP contribution in [-0.2, 0) is 11.3 Å². The minimum atomic E-state index is -0.460. The van der Waals surface area contributed by atoms with Crippen LogP contribution >= 0.6 is 0 Å². The minimum absolute atomic E-state index is 0.333. The lowest BCUT2D eigenvalue weighted by molar-refractivity contribution is 0.0595. The molecule has 142 valence electrons. The number of esters is 1. The van der Waals surface area contributed by atoms with E-state index in [1.165, 1.54) is 7.11 Å². The number of carbonyl (C=O) groups is 1. The Balaban J connectivity index is 1.99. The molecule has 0 aliphatic rings. The van der Waals surface area contributed by atoms with Crippen molar-refractivity contribution in [2.45, 2.75) is 6.61 Å². The van der Waals surface area contributed by atoms with E-state index in [9.17, 15) is 4.79 Å². The van der Waals surface area contributed by atoms with E-state index in [4.69, 9.17) is 14.2 Å². The van der Waals surface area contributed by atoms with Gasteiger partial charge in [-0.15, -0.1) is 0 Å². The highest BCUT2D eigenvalue weighted by Gasteiger charge is 2.19. The first kappa shape index (κ1) is 19.2. The molecule has 4 nitrogen and oxygen atoms in total. The van der Waals surface area contributed by atoms with Gasteiger partial charge in [-0.25, -0.2) is 4.79 Å². The number of methoxy groups -OCH3 is 2. The Morgan fingerprint density at radius 2 is 1.57 bits per heavy atom. The number of ether oxygens (including phenoxy) is 3. The molecule has 3 aromatic rings. The first-order chi connectivity index (χ1) is 13.7. The van der Waals surface area contributed by atoms with Gasteiger partial charge in [-0.3, -0.25) is 0 Å². The lowest BCUT2D eigenvalue weighted by Crippen LogP contribution is -2.08. The van der Waals surface area contributed by atoms with Crippen LogP contribution in [0.25, 0.3) is 12.2 Å². The van der Waals surface area contributed by atoms with E-state index >= 15 is 0 Å². The maximum atomic E-state index is 12.5. The first-order valence-electron chi connectivity index (χ1n) is 8.91. The summed E-state index contributed by atoms with van der Waals surface area (Å²) < 4.78 is 16.4. The van der Waals surface area contributed by atoms with Gasteiger partial charge in [-0.2, -0.15) is 0 Å². The van der Waals surface area contributed by atoms with Gasteiger partial charge in [-0.05, 0) is 22.8 Å². The Morgan fingerprint density at radius 3 is 2.21 bits per heavy atom. The molecule has 0 saturated heterocycles. The number of benzene rings is 3. The number of hydrogen-bond donors (Lipinski definition) is 0. The van der Waals surface area contributed by atoms with Crippen LogP contribution in [0.1, 0.15) is 27.0 Å². The van der Waals surface area contributed by atoms with Crippen molar-refractivity contribution >= 4 is 18.1 Å². The second-order valence-electron chi connectivity index (χ2n) is 6.10. The molecule has 3 aromatic carbocycles. The minimum Gasteiger partial charge on any atom is -0.497 e. The molecule has 0 amide bonds. The Bertz CT molecular complexity index is 947. The van der Waals surface area contributed by atoms with Gasteiger partial charge in [0, 0.05) is 6.07 Å².